The average molecular weight is 520 g/mol. The number of benzene rings is 4. The highest BCUT2D eigenvalue weighted by Gasteiger charge is 2.35. The number of hydrogen-bond donors (Lipinski definition) is 0. The molecule has 4 aromatic rings. The van der Waals surface area contributed by atoms with Crippen LogP contribution in [0.4, 0.5) is 4.79 Å². The Bertz CT molecular complexity index is 1470. The topological polar surface area (TPSA) is 46.6 Å². The number of rotatable bonds is 6. The molecule has 1 aliphatic heterocycles. The van der Waals surface area contributed by atoms with Crippen molar-refractivity contribution in [3.05, 3.63) is 117 Å². The summed E-state index contributed by atoms with van der Waals surface area (Å²) in [5.74, 6) is 0.271. The van der Waals surface area contributed by atoms with Crippen LogP contribution in [0.3, 0.4) is 0 Å². The predicted octanol–water partition coefficient (Wildman–Crippen LogP) is 7.96. The molecule has 5 rings (SSSR count). The van der Waals surface area contributed by atoms with Crippen LogP contribution in [0.2, 0.25) is 10.0 Å². The summed E-state index contributed by atoms with van der Waals surface area (Å²) in [7, 11) is 0. The summed E-state index contributed by atoms with van der Waals surface area (Å²) in [6.07, 6.45) is 1.75. The summed E-state index contributed by atoms with van der Waals surface area (Å²) in [6, 6.07) is 26.4. The van der Waals surface area contributed by atoms with Gasteiger partial charge in [-0.1, -0.05) is 83.9 Å². The Morgan fingerprint density at radius 1 is 0.857 bits per heavy atom. The molecule has 2 amide bonds. The Morgan fingerprint density at radius 3 is 2.40 bits per heavy atom. The minimum atomic E-state index is -0.350. The van der Waals surface area contributed by atoms with E-state index in [4.69, 9.17) is 27.9 Å². The second-order valence-corrected chi connectivity index (χ2v) is 9.81. The first kappa shape index (κ1) is 23.5. The van der Waals surface area contributed by atoms with Gasteiger partial charge in [0.1, 0.15) is 12.4 Å². The highest BCUT2D eigenvalue weighted by atomic mass is 35.5. The number of imide groups is 1. The fourth-order valence-corrected chi connectivity index (χ4v) is 5.00. The van der Waals surface area contributed by atoms with Crippen LogP contribution in [0.1, 0.15) is 16.7 Å². The zero-order valence-electron chi connectivity index (χ0n) is 18.4. The lowest BCUT2D eigenvalue weighted by Crippen LogP contribution is -2.27. The third-order valence-corrected chi connectivity index (χ3v) is 7.20. The monoisotopic (exact) mass is 519 g/mol. The fourth-order valence-electron chi connectivity index (χ4n) is 3.86. The quantitative estimate of drug-likeness (QED) is 0.242. The number of halogens is 2. The lowest BCUT2D eigenvalue weighted by atomic mass is 10.0. The highest BCUT2D eigenvalue weighted by molar-refractivity contribution is 8.18. The van der Waals surface area contributed by atoms with E-state index in [1.807, 2.05) is 78.9 Å². The van der Waals surface area contributed by atoms with Crippen LogP contribution in [0.15, 0.2) is 89.8 Å². The summed E-state index contributed by atoms with van der Waals surface area (Å²) < 4.78 is 6.16. The SMILES string of the molecule is O=C1S/C(=C\c2c(OCc3ccc(Cl)cc3)ccc3ccccc23)C(=O)N1Cc1ccccc1Cl. The van der Waals surface area contributed by atoms with Crippen LogP contribution in [0, 0.1) is 0 Å². The molecule has 1 fully saturated rings. The Morgan fingerprint density at radius 2 is 1.60 bits per heavy atom. The maximum absolute atomic E-state index is 13.2. The molecule has 0 bridgehead atoms. The van der Waals surface area contributed by atoms with E-state index in [0.717, 1.165) is 39.2 Å². The molecule has 0 N–H and O–H groups in total. The third-order valence-electron chi connectivity index (χ3n) is 5.67. The number of hydrogen-bond acceptors (Lipinski definition) is 4. The first-order chi connectivity index (χ1) is 17.0. The van der Waals surface area contributed by atoms with Gasteiger partial charge >= 0.3 is 0 Å². The van der Waals surface area contributed by atoms with E-state index in [1.54, 1.807) is 12.1 Å². The molecule has 1 aliphatic rings. The smallest absolute Gasteiger partial charge is 0.293 e. The van der Waals surface area contributed by atoms with Crippen molar-refractivity contribution in [2.24, 2.45) is 0 Å². The molecule has 1 saturated heterocycles. The van der Waals surface area contributed by atoms with E-state index < -0.39 is 0 Å². The van der Waals surface area contributed by atoms with Crippen molar-refractivity contribution in [3.8, 4) is 5.75 Å². The van der Waals surface area contributed by atoms with Gasteiger partial charge in [-0.3, -0.25) is 14.5 Å². The van der Waals surface area contributed by atoms with Gasteiger partial charge in [0.2, 0.25) is 0 Å². The van der Waals surface area contributed by atoms with Crippen LogP contribution in [-0.2, 0) is 17.9 Å². The first-order valence-corrected chi connectivity index (χ1v) is 12.4. The number of nitrogens with zero attached hydrogens (tertiary/aromatic N) is 1. The number of thioether (sulfide) groups is 1. The Labute approximate surface area is 217 Å². The lowest BCUT2D eigenvalue weighted by molar-refractivity contribution is -0.123. The number of amides is 2. The number of carbonyl (C=O) groups excluding carboxylic acids is 2. The molecule has 7 heteroatoms. The van der Waals surface area contributed by atoms with Crippen LogP contribution in [-0.4, -0.2) is 16.0 Å². The van der Waals surface area contributed by atoms with E-state index in [0.29, 0.717) is 27.3 Å². The predicted molar refractivity (Wildman–Crippen MR) is 143 cm³/mol. The van der Waals surface area contributed by atoms with Gasteiger partial charge in [0.05, 0.1) is 11.4 Å². The third kappa shape index (κ3) is 5.08. The molecule has 0 aromatic heterocycles. The zero-order chi connectivity index (χ0) is 24.4. The van der Waals surface area contributed by atoms with Crippen molar-refractivity contribution in [1.29, 1.82) is 0 Å². The lowest BCUT2D eigenvalue weighted by Gasteiger charge is -2.14. The Kier molecular flexibility index (Phi) is 6.82. The van der Waals surface area contributed by atoms with E-state index in [-0.39, 0.29) is 17.7 Å². The zero-order valence-corrected chi connectivity index (χ0v) is 20.7. The van der Waals surface area contributed by atoms with Gasteiger partial charge in [-0.25, -0.2) is 0 Å². The van der Waals surface area contributed by atoms with Crippen molar-refractivity contribution in [1.82, 2.24) is 4.90 Å². The second-order valence-electron chi connectivity index (χ2n) is 7.97. The molecule has 0 saturated carbocycles. The van der Waals surface area contributed by atoms with E-state index >= 15 is 0 Å². The summed E-state index contributed by atoms with van der Waals surface area (Å²) in [5, 5.41) is 2.78. The van der Waals surface area contributed by atoms with Gasteiger partial charge in [0, 0.05) is 15.6 Å². The molecule has 0 aliphatic carbocycles. The molecule has 0 atom stereocenters. The van der Waals surface area contributed by atoms with Gasteiger partial charge in [-0.05, 0) is 64.0 Å². The van der Waals surface area contributed by atoms with Gasteiger partial charge in [0.25, 0.3) is 11.1 Å². The van der Waals surface area contributed by atoms with Gasteiger partial charge in [-0.2, -0.15) is 0 Å². The van der Waals surface area contributed by atoms with Gasteiger partial charge in [-0.15, -0.1) is 0 Å². The molecule has 174 valence electrons. The normalized spacial score (nSPS) is 14.8. The minimum absolute atomic E-state index is 0.122. The number of carbonyl (C=O) groups is 2. The van der Waals surface area contributed by atoms with E-state index in [9.17, 15) is 9.59 Å². The van der Waals surface area contributed by atoms with Gasteiger partial charge in [0.15, 0.2) is 0 Å². The van der Waals surface area contributed by atoms with Crippen molar-refractivity contribution in [2.75, 3.05) is 0 Å². The summed E-state index contributed by atoms with van der Waals surface area (Å²) >= 11 is 13.2. The second kappa shape index (κ2) is 10.2. The van der Waals surface area contributed by atoms with Crippen LogP contribution in [0.25, 0.3) is 16.8 Å². The highest BCUT2D eigenvalue weighted by Crippen LogP contribution is 2.38. The van der Waals surface area contributed by atoms with Crippen molar-refractivity contribution >= 4 is 63.0 Å². The molecule has 4 aromatic carbocycles. The molecule has 35 heavy (non-hydrogen) atoms. The van der Waals surface area contributed by atoms with Crippen LogP contribution < -0.4 is 4.74 Å². The molecule has 4 nitrogen and oxygen atoms in total. The van der Waals surface area contributed by atoms with Crippen LogP contribution >= 0.6 is 35.0 Å². The van der Waals surface area contributed by atoms with Gasteiger partial charge < -0.3 is 4.74 Å². The molecule has 0 spiro atoms. The van der Waals surface area contributed by atoms with Crippen molar-refractivity contribution < 1.29 is 14.3 Å². The largest absolute Gasteiger partial charge is 0.488 e. The maximum atomic E-state index is 13.2. The summed E-state index contributed by atoms with van der Waals surface area (Å²) in [5.41, 5.74) is 2.43. The standard InChI is InChI=1S/C28H19Cl2NO3S/c29-21-12-9-18(10-13-21)17-34-25-14-11-19-5-1-3-7-22(19)23(25)15-26-27(32)31(28(33)35-26)16-20-6-2-4-8-24(20)30/h1-15H,16-17H2/b26-15-. The minimum Gasteiger partial charge on any atom is -0.488 e. The first-order valence-electron chi connectivity index (χ1n) is 10.9. The Hall–Kier alpha value is -3.25. The van der Waals surface area contributed by atoms with Crippen molar-refractivity contribution in [3.63, 3.8) is 0 Å². The molecule has 0 unspecified atom stereocenters. The molecule has 1 heterocycles. The average Bonchev–Trinajstić information content (AvgIpc) is 3.13. The van der Waals surface area contributed by atoms with Crippen LogP contribution in [0.5, 0.6) is 5.75 Å². The number of fused-ring (bicyclic) bond motifs is 1. The molecule has 0 radical (unpaired) electrons. The maximum Gasteiger partial charge on any atom is 0.293 e. The molecular weight excluding hydrogens is 501 g/mol. The fraction of sp³-hybridized carbons (Fsp3) is 0.0714. The van der Waals surface area contributed by atoms with E-state index in [2.05, 4.69) is 0 Å². The summed E-state index contributed by atoms with van der Waals surface area (Å²) in [6.45, 7) is 0.460. The Balaban J connectivity index is 1.48. The number of ether oxygens (including phenoxy) is 1. The molecular formula is C28H19Cl2NO3S. The van der Waals surface area contributed by atoms with Crippen molar-refractivity contribution in [2.45, 2.75) is 13.2 Å². The summed E-state index contributed by atoms with van der Waals surface area (Å²) in [4.78, 5) is 27.5. The van der Waals surface area contributed by atoms with E-state index in [1.165, 1.54) is 4.90 Å².